The largest absolute Gasteiger partial charge is 0.469 e. The molecule has 2 aromatic heterocycles. The van der Waals surface area contributed by atoms with E-state index in [0.717, 1.165) is 34.6 Å². The van der Waals surface area contributed by atoms with Crippen LogP contribution in [-0.4, -0.2) is 20.5 Å². The summed E-state index contributed by atoms with van der Waals surface area (Å²) in [5, 5.41) is 9.64. The molecule has 0 saturated heterocycles. The van der Waals surface area contributed by atoms with Crippen molar-refractivity contribution in [1.29, 1.82) is 0 Å². The number of benzene rings is 1. The van der Waals surface area contributed by atoms with E-state index in [-0.39, 0.29) is 0 Å². The predicted molar refractivity (Wildman–Crippen MR) is 84.4 cm³/mol. The molecule has 0 aliphatic rings. The summed E-state index contributed by atoms with van der Waals surface area (Å²) in [4.78, 5) is 0. The SMILES string of the molecule is CCSc1nnc(-c2ccoc2C)n1Cc1ccccc1. The minimum absolute atomic E-state index is 0.760. The molecule has 5 heteroatoms. The fourth-order valence-electron chi connectivity index (χ4n) is 2.25. The molecule has 0 aliphatic carbocycles. The zero-order chi connectivity index (χ0) is 14.7. The van der Waals surface area contributed by atoms with Gasteiger partial charge >= 0.3 is 0 Å². The molecule has 0 fully saturated rings. The van der Waals surface area contributed by atoms with Crippen molar-refractivity contribution < 1.29 is 4.42 Å². The Balaban J connectivity index is 2.03. The van der Waals surface area contributed by atoms with Crippen molar-refractivity contribution in [3.05, 3.63) is 54.0 Å². The second-order valence-electron chi connectivity index (χ2n) is 4.70. The van der Waals surface area contributed by atoms with Crippen molar-refractivity contribution in [3.63, 3.8) is 0 Å². The molecule has 3 aromatic rings. The summed E-state index contributed by atoms with van der Waals surface area (Å²) in [6.07, 6.45) is 1.69. The van der Waals surface area contributed by atoms with Crippen molar-refractivity contribution in [2.24, 2.45) is 0 Å². The summed E-state index contributed by atoms with van der Waals surface area (Å²) in [5.41, 5.74) is 2.24. The highest BCUT2D eigenvalue weighted by Crippen LogP contribution is 2.27. The van der Waals surface area contributed by atoms with Gasteiger partial charge < -0.3 is 4.42 Å². The van der Waals surface area contributed by atoms with E-state index in [1.165, 1.54) is 5.56 Å². The van der Waals surface area contributed by atoms with Crippen LogP contribution < -0.4 is 0 Å². The van der Waals surface area contributed by atoms with Gasteiger partial charge in [0.15, 0.2) is 11.0 Å². The summed E-state index contributed by atoms with van der Waals surface area (Å²) in [6.45, 7) is 4.83. The first-order valence-electron chi connectivity index (χ1n) is 6.94. The van der Waals surface area contributed by atoms with Crippen LogP contribution in [0.25, 0.3) is 11.4 Å². The third-order valence-corrected chi connectivity index (χ3v) is 4.12. The van der Waals surface area contributed by atoms with Gasteiger partial charge in [-0.25, -0.2) is 0 Å². The molecule has 0 aliphatic heterocycles. The second kappa shape index (κ2) is 6.18. The van der Waals surface area contributed by atoms with E-state index in [1.54, 1.807) is 18.0 Å². The summed E-state index contributed by atoms with van der Waals surface area (Å²) in [7, 11) is 0. The number of nitrogens with zero attached hydrogens (tertiary/aromatic N) is 3. The Bertz CT molecular complexity index is 718. The number of rotatable bonds is 5. The zero-order valence-electron chi connectivity index (χ0n) is 12.1. The van der Waals surface area contributed by atoms with Gasteiger partial charge in [0.2, 0.25) is 0 Å². The minimum Gasteiger partial charge on any atom is -0.469 e. The lowest BCUT2D eigenvalue weighted by Crippen LogP contribution is -2.04. The summed E-state index contributed by atoms with van der Waals surface area (Å²) < 4.78 is 7.56. The number of hydrogen-bond donors (Lipinski definition) is 0. The van der Waals surface area contributed by atoms with Gasteiger partial charge in [-0.3, -0.25) is 4.57 Å². The fourth-order valence-corrected chi connectivity index (χ4v) is 2.91. The van der Waals surface area contributed by atoms with Gasteiger partial charge in [-0.2, -0.15) is 0 Å². The molecule has 0 radical (unpaired) electrons. The van der Waals surface area contributed by atoms with Gasteiger partial charge in [0.1, 0.15) is 5.76 Å². The van der Waals surface area contributed by atoms with E-state index in [0.29, 0.717) is 0 Å². The molecule has 0 bridgehead atoms. The van der Waals surface area contributed by atoms with Gasteiger partial charge in [0.05, 0.1) is 18.4 Å². The van der Waals surface area contributed by atoms with E-state index in [2.05, 4.69) is 46.0 Å². The minimum atomic E-state index is 0.760. The lowest BCUT2D eigenvalue weighted by molar-refractivity contribution is 0.534. The van der Waals surface area contributed by atoms with Crippen LogP contribution in [0, 0.1) is 6.92 Å². The van der Waals surface area contributed by atoms with Crippen molar-refractivity contribution >= 4 is 11.8 Å². The monoisotopic (exact) mass is 299 g/mol. The first-order valence-corrected chi connectivity index (χ1v) is 7.92. The molecule has 0 spiro atoms. The zero-order valence-corrected chi connectivity index (χ0v) is 12.9. The Kier molecular flexibility index (Phi) is 4.10. The molecule has 0 N–H and O–H groups in total. The van der Waals surface area contributed by atoms with E-state index in [9.17, 15) is 0 Å². The standard InChI is InChI=1S/C16H17N3OS/c1-3-21-16-18-17-15(14-9-10-20-12(14)2)19(16)11-13-7-5-4-6-8-13/h4-10H,3,11H2,1-2H3. The van der Waals surface area contributed by atoms with E-state index < -0.39 is 0 Å². The fraction of sp³-hybridized carbons (Fsp3) is 0.250. The van der Waals surface area contributed by atoms with Crippen LogP contribution in [0.2, 0.25) is 0 Å². The van der Waals surface area contributed by atoms with Gasteiger partial charge in [0, 0.05) is 0 Å². The Hall–Kier alpha value is -2.01. The topological polar surface area (TPSA) is 43.9 Å². The average molecular weight is 299 g/mol. The van der Waals surface area contributed by atoms with Crippen molar-refractivity contribution in [2.75, 3.05) is 5.75 Å². The number of aromatic nitrogens is 3. The smallest absolute Gasteiger partial charge is 0.191 e. The highest BCUT2D eigenvalue weighted by molar-refractivity contribution is 7.99. The highest BCUT2D eigenvalue weighted by atomic mass is 32.2. The van der Waals surface area contributed by atoms with Crippen molar-refractivity contribution in [3.8, 4) is 11.4 Å². The van der Waals surface area contributed by atoms with Crippen LogP contribution >= 0.6 is 11.8 Å². The molecule has 108 valence electrons. The van der Waals surface area contributed by atoms with Crippen LogP contribution in [0.4, 0.5) is 0 Å². The Morgan fingerprint density at radius 3 is 2.62 bits per heavy atom. The third-order valence-electron chi connectivity index (χ3n) is 3.27. The Labute approximate surface area is 128 Å². The van der Waals surface area contributed by atoms with Crippen LogP contribution in [0.3, 0.4) is 0 Å². The molecular weight excluding hydrogens is 282 g/mol. The third kappa shape index (κ3) is 2.88. The first kappa shape index (κ1) is 13.9. The molecule has 4 nitrogen and oxygen atoms in total. The molecule has 21 heavy (non-hydrogen) atoms. The number of thioether (sulfide) groups is 1. The maximum atomic E-state index is 5.41. The molecule has 3 rings (SSSR count). The molecule has 0 saturated carbocycles. The second-order valence-corrected chi connectivity index (χ2v) is 5.93. The summed E-state index contributed by atoms with van der Waals surface area (Å²) in [6, 6.07) is 12.3. The molecule has 0 atom stereocenters. The average Bonchev–Trinajstić information content (AvgIpc) is 3.08. The number of furan rings is 1. The predicted octanol–water partition coefficient (Wildman–Crippen LogP) is 4.01. The van der Waals surface area contributed by atoms with E-state index >= 15 is 0 Å². The van der Waals surface area contributed by atoms with Crippen molar-refractivity contribution in [2.45, 2.75) is 25.5 Å². The molecule has 2 heterocycles. The number of hydrogen-bond acceptors (Lipinski definition) is 4. The maximum Gasteiger partial charge on any atom is 0.191 e. The molecular formula is C16H17N3OS. The summed E-state index contributed by atoms with van der Waals surface area (Å²) in [5.74, 6) is 2.70. The summed E-state index contributed by atoms with van der Waals surface area (Å²) >= 11 is 1.70. The highest BCUT2D eigenvalue weighted by Gasteiger charge is 2.17. The van der Waals surface area contributed by atoms with Gasteiger partial charge in [-0.05, 0) is 24.3 Å². The van der Waals surface area contributed by atoms with E-state index in [1.807, 2.05) is 19.1 Å². The molecule has 0 unspecified atom stereocenters. The van der Waals surface area contributed by atoms with E-state index in [4.69, 9.17) is 4.42 Å². The molecule has 1 aromatic carbocycles. The van der Waals surface area contributed by atoms with Crippen molar-refractivity contribution in [1.82, 2.24) is 14.8 Å². The number of aryl methyl sites for hydroxylation is 1. The van der Waals surface area contributed by atoms with Crippen LogP contribution in [0.1, 0.15) is 18.2 Å². The Morgan fingerprint density at radius 1 is 1.14 bits per heavy atom. The first-order chi connectivity index (χ1) is 10.3. The van der Waals surface area contributed by atoms with Crippen LogP contribution in [0.5, 0.6) is 0 Å². The Morgan fingerprint density at radius 2 is 1.95 bits per heavy atom. The van der Waals surface area contributed by atoms with Crippen LogP contribution in [0.15, 0.2) is 52.2 Å². The van der Waals surface area contributed by atoms with Gasteiger partial charge in [0.25, 0.3) is 0 Å². The van der Waals surface area contributed by atoms with Crippen LogP contribution in [-0.2, 0) is 6.54 Å². The maximum absolute atomic E-state index is 5.41. The van der Waals surface area contributed by atoms with Gasteiger partial charge in [-0.1, -0.05) is 49.0 Å². The van der Waals surface area contributed by atoms with Gasteiger partial charge in [-0.15, -0.1) is 10.2 Å². The lowest BCUT2D eigenvalue weighted by Gasteiger charge is -2.09. The molecule has 0 amide bonds. The quantitative estimate of drug-likeness (QED) is 0.668. The normalized spacial score (nSPS) is 11.0. The lowest BCUT2D eigenvalue weighted by atomic mass is 10.2.